The minimum Gasteiger partial charge on any atom is -0.497 e. The van der Waals surface area contributed by atoms with E-state index >= 15 is 0 Å². The maximum absolute atomic E-state index is 11.6. The standard InChI is InChI=1S/C14H19NO6/c1-20-10-2-4-11(5-3-10)21-9-7-13(17)15-12(6-8-16)14(18)19/h2-5,12,16H,6-9H2,1H3,(H,15,17)(H,18,19)/t12-/m0/s1. The molecule has 0 unspecified atom stereocenters. The first-order valence-corrected chi connectivity index (χ1v) is 6.46. The van der Waals surface area contributed by atoms with E-state index in [1.165, 1.54) is 0 Å². The van der Waals surface area contributed by atoms with Gasteiger partial charge in [-0.25, -0.2) is 4.79 Å². The SMILES string of the molecule is COc1ccc(OCCC(=O)N[C@@H](CCO)C(=O)O)cc1. The summed E-state index contributed by atoms with van der Waals surface area (Å²) in [4.78, 5) is 22.4. The fourth-order valence-corrected chi connectivity index (χ4v) is 1.59. The van der Waals surface area contributed by atoms with Crippen molar-refractivity contribution < 1.29 is 29.3 Å². The average Bonchev–Trinajstić information content (AvgIpc) is 2.47. The van der Waals surface area contributed by atoms with Crippen molar-refractivity contribution in [1.82, 2.24) is 5.32 Å². The molecule has 0 aromatic heterocycles. The minimum absolute atomic E-state index is 0.0274. The van der Waals surface area contributed by atoms with Crippen LogP contribution in [0.15, 0.2) is 24.3 Å². The molecular weight excluding hydrogens is 278 g/mol. The molecule has 0 aliphatic carbocycles. The van der Waals surface area contributed by atoms with E-state index in [2.05, 4.69) is 5.32 Å². The molecule has 0 saturated carbocycles. The fraction of sp³-hybridized carbons (Fsp3) is 0.429. The molecular formula is C14H19NO6. The third-order valence-electron chi connectivity index (χ3n) is 2.71. The van der Waals surface area contributed by atoms with Crippen molar-refractivity contribution in [3.05, 3.63) is 24.3 Å². The zero-order valence-corrected chi connectivity index (χ0v) is 11.7. The predicted octanol–water partition coefficient (Wildman–Crippen LogP) is 0.416. The van der Waals surface area contributed by atoms with Crippen LogP contribution in [0.4, 0.5) is 0 Å². The van der Waals surface area contributed by atoms with E-state index in [0.29, 0.717) is 11.5 Å². The van der Waals surface area contributed by atoms with Crippen molar-refractivity contribution >= 4 is 11.9 Å². The molecule has 0 radical (unpaired) electrons. The molecule has 0 aliphatic rings. The lowest BCUT2D eigenvalue weighted by molar-refractivity contribution is -0.142. The second-order valence-electron chi connectivity index (χ2n) is 4.24. The summed E-state index contributed by atoms with van der Waals surface area (Å²) in [5, 5.41) is 19.9. The summed E-state index contributed by atoms with van der Waals surface area (Å²) in [5.74, 6) is -0.319. The van der Waals surface area contributed by atoms with Gasteiger partial charge in [0.15, 0.2) is 0 Å². The Hall–Kier alpha value is -2.28. The second kappa shape index (κ2) is 8.80. The number of rotatable bonds is 9. The summed E-state index contributed by atoms with van der Waals surface area (Å²) in [7, 11) is 1.56. The number of carbonyl (C=O) groups is 2. The molecule has 0 bridgehead atoms. The first kappa shape index (κ1) is 16.8. The number of hydrogen-bond donors (Lipinski definition) is 3. The molecule has 1 amide bonds. The molecule has 1 aromatic carbocycles. The van der Waals surface area contributed by atoms with Gasteiger partial charge in [0, 0.05) is 13.0 Å². The lowest BCUT2D eigenvalue weighted by atomic mass is 10.2. The number of carboxylic acid groups (broad SMARTS) is 1. The van der Waals surface area contributed by atoms with Gasteiger partial charge in [0.2, 0.25) is 5.91 Å². The van der Waals surface area contributed by atoms with E-state index in [1.807, 2.05) is 0 Å². The number of carboxylic acids is 1. The molecule has 1 rings (SSSR count). The van der Waals surface area contributed by atoms with Crippen molar-refractivity contribution in [3.63, 3.8) is 0 Å². The highest BCUT2D eigenvalue weighted by Crippen LogP contribution is 2.16. The van der Waals surface area contributed by atoms with Crippen molar-refractivity contribution in [2.24, 2.45) is 0 Å². The van der Waals surface area contributed by atoms with Gasteiger partial charge in [-0.15, -0.1) is 0 Å². The van der Waals surface area contributed by atoms with E-state index in [4.69, 9.17) is 19.7 Å². The molecule has 1 aromatic rings. The van der Waals surface area contributed by atoms with Crippen molar-refractivity contribution in [1.29, 1.82) is 0 Å². The predicted molar refractivity (Wildman–Crippen MR) is 74.4 cm³/mol. The number of aliphatic hydroxyl groups is 1. The van der Waals surface area contributed by atoms with Crippen LogP contribution in [0.1, 0.15) is 12.8 Å². The highest BCUT2D eigenvalue weighted by Gasteiger charge is 2.18. The number of carbonyl (C=O) groups excluding carboxylic acids is 1. The number of nitrogens with one attached hydrogen (secondary N) is 1. The molecule has 0 fully saturated rings. The van der Waals surface area contributed by atoms with Gasteiger partial charge in [-0.05, 0) is 24.3 Å². The van der Waals surface area contributed by atoms with E-state index in [-0.39, 0.29) is 26.1 Å². The lowest BCUT2D eigenvalue weighted by Gasteiger charge is -2.13. The smallest absolute Gasteiger partial charge is 0.326 e. The molecule has 0 heterocycles. The molecule has 1 atom stereocenters. The van der Waals surface area contributed by atoms with Crippen molar-refractivity contribution in [3.8, 4) is 11.5 Å². The van der Waals surface area contributed by atoms with Gasteiger partial charge in [-0.2, -0.15) is 0 Å². The summed E-state index contributed by atoms with van der Waals surface area (Å²) >= 11 is 0. The van der Waals surface area contributed by atoms with Crippen LogP contribution in [-0.4, -0.2) is 48.5 Å². The van der Waals surface area contributed by atoms with Gasteiger partial charge in [-0.3, -0.25) is 4.79 Å². The summed E-state index contributed by atoms with van der Waals surface area (Å²) in [6, 6.07) is 5.81. The number of ether oxygens (including phenoxy) is 2. The van der Waals surface area contributed by atoms with Gasteiger partial charge in [-0.1, -0.05) is 0 Å². The highest BCUT2D eigenvalue weighted by atomic mass is 16.5. The van der Waals surface area contributed by atoms with Crippen LogP contribution in [0.3, 0.4) is 0 Å². The lowest BCUT2D eigenvalue weighted by Crippen LogP contribution is -2.41. The molecule has 3 N–H and O–H groups in total. The Morgan fingerprint density at radius 2 is 1.86 bits per heavy atom. The van der Waals surface area contributed by atoms with Gasteiger partial charge in [0.1, 0.15) is 17.5 Å². The Morgan fingerprint density at radius 3 is 2.38 bits per heavy atom. The topological polar surface area (TPSA) is 105 Å². The van der Waals surface area contributed by atoms with Crippen LogP contribution < -0.4 is 14.8 Å². The van der Waals surface area contributed by atoms with Crippen LogP contribution in [-0.2, 0) is 9.59 Å². The fourth-order valence-electron chi connectivity index (χ4n) is 1.59. The Morgan fingerprint density at radius 1 is 1.24 bits per heavy atom. The Balaban J connectivity index is 2.33. The number of aliphatic carboxylic acids is 1. The molecule has 21 heavy (non-hydrogen) atoms. The zero-order valence-electron chi connectivity index (χ0n) is 11.7. The van der Waals surface area contributed by atoms with Crippen LogP contribution >= 0.6 is 0 Å². The van der Waals surface area contributed by atoms with E-state index < -0.39 is 17.9 Å². The molecule has 0 saturated heterocycles. The Kier molecular flexibility index (Phi) is 7.03. The first-order chi connectivity index (χ1) is 10.1. The second-order valence-corrected chi connectivity index (χ2v) is 4.24. The summed E-state index contributed by atoms with van der Waals surface area (Å²) in [6.45, 7) is -0.177. The Bertz CT molecular complexity index is 459. The average molecular weight is 297 g/mol. The van der Waals surface area contributed by atoms with Crippen LogP contribution in [0.25, 0.3) is 0 Å². The van der Waals surface area contributed by atoms with Gasteiger partial charge >= 0.3 is 5.97 Å². The molecule has 0 aliphatic heterocycles. The number of hydrogen-bond acceptors (Lipinski definition) is 5. The highest BCUT2D eigenvalue weighted by molar-refractivity contribution is 5.83. The Labute approximate surface area is 122 Å². The monoisotopic (exact) mass is 297 g/mol. The molecule has 0 spiro atoms. The van der Waals surface area contributed by atoms with Gasteiger partial charge in [0.25, 0.3) is 0 Å². The first-order valence-electron chi connectivity index (χ1n) is 6.46. The summed E-state index contributed by atoms with van der Waals surface area (Å²) in [5.41, 5.74) is 0. The van der Waals surface area contributed by atoms with E-state index in [0.717, 1.165) is 0 Å². The van der Waals surface area contributed by atoms with Crippen LogP contribution in [0, 0.1) is 0 Å². The maximum atomic E-state index is 11.6. The molecule has 7 nitrogen and oxygen atoms in total. The van der Waals surface area contributed by atoms with Crippen LogP contribution in [0.5, 0.6) is 11.5 Å². The van der Waals surface area contributed by atoms with Crippen molar-refractivity contribution in [2.75, 3.05) is 20.3 Å². The van der Waals surface area contributed by atoms with E-state index in [1.54, 1.807) is 31.4 Å². The molecule has 7 heteroatoms. The summed E-state index contributed by atoms with van der Waals surface area (Å²) < 4.78 is 10.4. The van der Waals surface area contributed by atoms with Crippen LogP contribution in [0.2, 0.25) is 0 Å². The third-order valence-corrected chi connectivity index (χ3v) is 2.71. The largest absolute Gasteiger partial charge is 0.497 e. The number of methoxy groups -OCH3 is 1. The quantitative estimate of drug-likeness (QED) is 0.610. The zero-order chi connectivity index (χ0) is 15.7. The van der Waals surface area contributed by atoms with Gasteiger partial charge in [0.05, 0.1) is 20.1 Å². The maximum Gasteiger partial charge on any atom is 0.326 e. The summed E-state index contributed by atoms with van der Waals surface area (Å²) in [6.07, 6.45) is 0.00164. The van der Waals surface area contributed by atoms with Gasteiger partial charge < -0.3 is 25.0 Å². The van der Waals surface area contributed by atoms with Crippen molar-refractivity contribution in [2.45, 2.75) is 18.9 Å². The normalized spacial score (nSPS) is 11.5. The number of amides is 1. The molecule has 116 valence electrons. The third kappa shape index (κ3) is 6.13. The minimum atomic E-state index is -1.17. The van der Waals surface area contributed by atoms with E-state index in [9.17, 15) is 9.59 Å². The number of aliphatic hydroxyl groups excluding tert-OH is 1. The number of benzene rings is 1.